The van der Waals surface area contributed by atoms with Gasteiger partial charge in [0.05, 0.1) is 36.8 Å². The van der Waals surface area contributed by atoms with Crippen LogP contribution in [0.1, 0.15) is 35.4 Å². The molecule has 10 heteroatoms. The number of aromatic nitrogens is 1. The van der Waals surface area contributed by atoms with Gasteiger partial charge in [0.25, 0.3) is 0 Å². The second kappa shape index (κ2) is 13.0. The van der Waals surface area contributed by atoms with Crippen molar-refractivity contribution in [2.45, 2.75) is 38.2 Å². The minimum atomic E-state index is -1.06. The van der Waals surface area contributed by atoms with Gasteiger partial charge in [0.2, 0.25) is 11.8 Å². The predicted molar refractivity (Wildman–Crippen MR) is 178 cm³/mol. The monoisotopic (exact) mass is 634 g/mol. The van der Waals surface area contributed by atoms with E-state index in [0.717, 1.165) is 43.6 Å². The Balaban J connectivity index is 1.22. The zero-order chi connectivity index (χ0) is 31.8. The second-order valence-electron chi connectivity index (χ2n) is 12.2. The van der Waals surface area contributed by atoms with Crippen LogP contribution in [0.5, 0.6) is 5.75 Å². The number of methoxy groups -OCH3 is 1. The van der Waals surface area contributed by atoms with Gasteiger partial charge in [0.15, 0.2) is 0 Å². The fraction of sp³-hybridized carbons (Fsp3) is 0.306. The van der Waals surface area contributed by atoms with Gasteiger partial charge in [-0.05, 0) is 94.9 Å². The molecule has 2 aromatic heterocycles. The molecule has 4 aromatic rings. The number of phenolic OH excluding ortho intramolecular Hbond substituents is 1. The van der Waals surface area contributed by atoms with Gasteiger partial charge < -0.3 is 19.5 Å². The van der Waals surface area contributed by atoms with Crippen LogP contribution in [0.3, 0.4) is 0 Å². The molecule has 1 aliphatic carbocycles. The summed E-state index contributed by atoms with van der Waals surface area (Å²) < 4.78 is 11.9. The van der Waals surface area contributed by atoms with Gasteiger partial charge in [-0.25, -0.2) is 0 Å². The normalized spacial score (nSPS) is 23.3. The van der Waals surface area contributed by atoms with Crippen LogP contribution in [0.15, 0.2) is 89.5 Å². The molecule has 2 fully saturated rings. The molecule has 8 nitrogen and oxygen atoms in total. The van der Waals surface area contributed by atoms with E-state index >= 15 is 0 Å². The van der Waals surface area contributed by atoms with Crippen LogP contribution in [0.4, 0.5) is 0 Å². The number of nitrogens with zero attached hydrogens (tertiary/aromatic N) is 2. The zero-order valence-electron chi connectivity index (χ0n) is 25.5. The molecule has 0 unspecified atom stereocenters. The van der Waals surface area contributed by atoms with Gasteiger partial charge in [-0.2, -0.15) is 0 Å². The number of phenols is 1. The van der Waals surface area contributed by atoms with Crippen LogP contribution < -0.4 is 0 Å². The summed E-state index contributed by atoms with van der Waals surface area (Å²) in [6, 6.07) is 21.0. The first-order chi connectivity index (χ1) is 22.4. The summed E-state index contributed by atoms with van der Waals surface area (Å²) in [6.07, 6.45) is 5.21. The molecule has 7 rings (SSSR count). The minimum Gasteiger partial charge on any atom is -0.507 e. The molecule has 4 heterocycles. The molecule has 2 saturated heterocycles. The van der Waals surface area contributed by atoms with Crippen molar-refractivity contribution in [3.8, 4) is 5.75 Å². The van der Waals surface area contributed by atoms with Crippen molar-refractivity contribution in [2.24, 2.45) is 17.8 Å². The highest BCUT2D eigenvalue weighted by molar-refractivity contribution is 7.09. The molecule has 0 bridgehead atoms. The van der Waals surface area contributed by atoms with E-state index in [-0.39, 0.29) is 36.3 Å². The summed E-state index contributed by atoms with van der Waals surface area (Å²) in [5.41, 5.74) is 4.73. The van der Waals surface area contributed by atoms with Crippen molar-refractivity contribution >= 4 is 52.7 Å². The number of hydrogen-bond acceptors (Lipinski definition) is 8. The van der Waals surface area contributed by atoms with Crippen LogP contribution in [0.2, 0.25) is 6.32 Å². The second-order valence-corrected chi connectivity index (χ2v) is 13.3. The van der Waals surface area contributed by atoms with Crippen molar-refractivity contribution in [2.75, 3.05) is 13.7 Å². The van der Waals surface area contributed by atoms with E-state index in [0.29, 0.717) is 25.9 Å². The quantitative estimate of drug-likeness (QED) is 0.133. The summed E-state index contributed by atoms with van der Waals surface area (Å²) in [7, 11) is 0.579. The maximum atomic E-state index is 13.9. The molecule has 3 aliphatic rings. The number of thiophene rings is 1. The fourth-order valence-electron chi connectivity index (χ4n) is 7.58. The van der Waals surface area contributed by atoms with E-state index < -0.39 is 25.1 Å². The summed E-state index contributed by atoms with van der Waals surface area (Å²) >= 11 is 1.53. The van der Waals surface area contributed by atoms with E-state index in [4.69, 9.17) is 9.39 Å². The standard InChI is InChI=1S/C36H35BN2O6S/c1-44-21-24-18-28-34(36(42)39(35(28)41)20-25-7-6-16-46-25)29-19-37(43)45-32(33(24)29)14-12-23(30-10-4-5-15-38-30)17-22-11-13-31(40)27-9-3-2-8-26(22)27/h2-11,13,15-17,28-29,32,34,40,43H,12,14,18-21H2,1H3/b23-17-/t28-,29+,32-,34-/m1/s1. The van der Waals surface area contributed by atoms with Crippen LogP contribution in [0.25, 0.3) is 22.4 Å². The van der Waals surface area contributed by atoms with Gasteiger partial charge in [-0.1, -0.05) is 42.5 Å². The lowest BCUT2D eigenvalue weighted by Gasteiger charge is -2.43. The molecule has 0 radical (unpaired) electrons. The maximum Gasteiger partial charge on any atom is 0.455 e. The third-order valence-electron chi connectivity index (χ3n) is 9.55. The molecule has 2 aromatic carbocycles. The van der Waals surface area contributed by atoms with E-state index in [1.807, 2.05) is 66.0 Å². The summed E-state index contributed by atoms with van der Waals surface area (Å²) in [4.78, 5) is 34.6. The molecule has 46 heavy (non-hydrogen) atoms. The maximum absolute atomic E-state index is 13.9. The average Bonchev–Trinajstić information content (AvgIpc) is 3.67. The topological polar surface area (TPSA) is 109 Å². The Labute approximate surface area is 272 Å². The van der Waals surface area contributed by atoms with Crippen molar-refractivity contribution in [3.63, 3.8) is 0 Å². The number of carbonyl (C=O) groups excluding carboxylic acids is 2. The first-order valence-corrected chi connectivity index (χ1v) is 16.6. The van der Waals surface area contributed by atoms with E-state index in [9.17, 15) is 19.7 Å². The molecule has 2 N–H and O–H groups in total. The number of imide groups is 1. The van der Waals surface area contributed by atoms with Crippen LogP contribution in [0, 0.1) is 17.8 Å². The third-order valence-corrected chi connectivity index (χ3v) is 10.4. The molecular formula is C36H35BN2O6S. The van der Waals surface area contributed by atoms with E-state index in [1.165, 1.54) is 16.2 Å². The lowest BCUT2D eigenvalue weighted by atomic mass is 9.58. The third kappa shape index (κ3) is 5.71. The Morgan fingerprint density at radius 1 is 1.07 bits per heavy atom. The number of benzene rings is 2. The molecule has 0 spiro atoms. The molecule has 234 valence electrons. The van der Waals surface area contributed by atoms with Crippen molar-refractivity contribution in [3.05, 3.63) is 106 Å². The highest BCUT2D eigenvalue weighted by Gasteiger charge is 2.57. The lowest BCUT2D eigenvalue weighted by molar-refractivity contribution is -0.140. The predicted octanol–water partition coefficient (Wildman–Crippen LogP) is 5.97. The summed E-state index contributed by atoms with van der Waals surface area (Å²) in [6.45, 7) is 0.608. The number of rotatable bonds is 9. The number of hydrogen-bond donors (Lipinski definition) is 2. The van der Waals surface area contributed by atoms with Crippen molar-refractivity contribution in [1.29, 1.82) is 0 Å². The number of ether oxygens (including phenoxy) is 1. The van der Waals surface area contributed by atoms with Crippen LogP contribution in [-0.4, -0.2) is 58.8 Å². The lowest BCUT2D eigenvalue weighted by Crippen LogP contribution is -2.46. The largest absolute Gasteiger partial charge is 0.507 e. The van der Waals surface area contributed by atoms with Gasteiger partial charge in [-0.15, -0.1) is 11.3 Å². The number of allylic oxidation sites excluding steroid dienone is 1. The highest BCUT2D eigenvalue weighted by atomic mass is 32.1. The van der Waals surface area contributed by atoms with E-state index in [1.54, 1.807) is 19.4 Å². The number of likely N-dealkylation sites (tertiary alicyclic amines) is 1. The molecule has 2 amide bonds. The summed E-state index contributed by atoms with van der Waals surface area (Å²) in [5.74, 6) is -1.39. The Morgan fingerprint density at radius 2 is 1.89 bits per heavy atom. The fourth-order valence-corrected chi connectivity index (χ4v) is 8.28. The zero-order valence-corrected chi connectivity index (χ0v) is 26.4. The van der Waals surface area contributed by atoms with Gasteiger partial charge >= 0.3 is 7.12 Å². The van der Waals surface area contributed by atoms with Gasteiger partial charge in [0.1, 0.15) is 5.75 Å². The smallest absolute Gasteiger partial charge is 0.455 e. The van der Waals surface area contributed by atoms with Gasteiger partial charge in [0, 0.05) is 23.6 Å². The molecule has 2 aliphatic heterocycles. The average molecular weight is 635 g/mol. The number of carbonyl (C=O) groups is 2. The first kappa shape index (κ1) is 30.6. The Bertz CT molecular complexity index is 1820. The Morgan fingerprint density at radius 3 is 2.65 bits per heavy atom. The molecular weight excluding hydrogens is 599 g/mol. The minimum absolute atomic E-state index is 0.143. The first-order valence-electron chi connectivity index (χ1n) is 15.7. The highest BCUT2D eigenvalue weighted by Crippen LogP contribution is 2.51. The van der Waals surface area contributed by atoms with Crippen LogP contribution in [-0.2, 0) is 25.5 Å². The van der Waals surface area contributed by atoms with Crippen molar-refractivity contribution in [1.82, 2.24) is 9.88 Å². The molecule has 0 saturated carbocycles. The number of amides is 2. The Kier molecular flexibility index (Phi) is 8.61. The number of pyridine rings is 1. The van der Waals surface area contributed by atoms with Crippen LogP contribution >= 0.6 is 11.3 Å². The molecule has 4 atom stereocenters. The Hall–Kier alpha value is -4.09. The summed E-state index contributed by atoms with van der Waals surface area (Å²) in [5, 5.41) is 25.1. The van der Waals surface area contributed by atoms with E-state index in [2.05, 4.69) is 11.1 Å². The number of fused-ring (bicyclic) bond motifs is 4. The van der Waals surface area contributed by atoms with Crippen molar-refractivity contribution < 1.29 is 29.1 Å². The SMILES string of the molecule is COCC1=C2[C@@H](CC/C(=C/c3ccc(O)c4ccccc34)c3ccccn3)OB(O)C[C@@H]2[C@@H]2C(=O)N(Cc3cccs3)C(=O)[C@@H]2C1. The number of aromatic hydroxyl groups is 1. The van der Waals surface area contributed by atoms with Gasteiger partial charge in [-0.3, -0.25) is 19.5 Å².